The lowest BCUT2D eigenvalue weighted by atomic mass is 10.1. The summed E-state index contributed by atoms with van der Waals surface area (Å²) >= 11 is 0. The van der Waals surface area contributed by atoms with Gasteiger partial charge in [-0.1, -0.05) is 13.3 Å². The third-order valence-electron chi connectivity index (χ3n) is 1.56. The molecule has 0 atom stereocenters. The van der Waals surface area contributed by atoms with E-state index in [1.807, 2.05) is 0 Å². The first kappa shape index (κ1) is 11.9. The zero-order valence-corrected chi connectivity index (χ0v) is 8.74. The van der Waals surface area contributed by atoms with E-state index in [1.165, 1.54) is 12.8 Å². The Bertz CT molecular complexity index is 96.4. The van der Waals surface area contributed by atoms with Crippen LogP contribution in [0.5, 0.6) is 0 Å². The molecule has 0 spiro atoms. The molecule has 12 heavy (non-hydrogen) atoms. The Morgan fingerprint density at radius 1 is 1.25 bits per heavy atom. The lowest BCUT2D eigenvalue weighted by Gasteiger charge is -2.15. The van der Waals surface area contributed by atoms with Crippen molar-refractivity contribution in [3.63, 3.8) is 0 Å². The first-order chi connectivity index (χ1) is 5.56. The molecule has 3 nitrogen and oxygen atoms in total. The van der Waals surface area contributed by atoms with Gasteiger partial charge in [0.1, 0.15) is 5.54 Å². The summed E-state index contributed by atoms with van der Waals surface area (Å²) in [5.74, 6) is 0. The highest BCUT2D eigenvalue weighted by atomic mass is 15.1. The SMILES string of the molecule is CCCCNCNCC(C)(C)[NH3+]. The average Bonchev–Trinajstić information content (AvgIpc) is 1.94. The number of rotatable bonds is 7. The maximum Gasteiger partial charge on any atom is 0.101 e. The van der Waals surface area contributed by atoms with Gasteiger partial charge in [-0.25, -0.2) is 0 Å². The Morgan fingerprint density at radius 2 is 1.92 bits per heavy atom. The van der Waals surface area contributed by atoms with E-state index in [0.29, 0.717) is 0 Å². The second-order valence-electron chi connectivity index (χ2n) is 4.12. The van der Waals surface area contributed by atoms with Gasteiger partial charge in [0.25, 0.3) is 0 Å². The van der Waals surface area contributed by atoms with E-state index in [9.17, 15) is 0 Å². The largest absolute Gasteiger partial charge is 0.352 e. The predicted octanol–water partition coefficient (Wildman–Crippen LogP) is -0.0563. The number of hydrogen-bond acceptors (Lipinski definition) is 2. The molecule has 5 N–H and O–H groups in total. The Balaban J connectivity index is 3.01. The summed E-state index contributed by atoms with van der Waals surface area (Å²) < 4.78 is 0. The fraction of sp³-hybridized carbons (Fsp3) is 1.00. The van der Waals surface area contributed by atoms with Crippen molar-refractivity contribution in [1.82, 2.24) is 10.6 Å². The molecule has 0 fully saturated rings. The highest BCUT2D eigenvalue weighted by molar-refractivity contribution is 4.65. The van der Waals surface area contributed by atoms with Gasteiger partial charge in [-0.3, -0.25) is 5.32 Å². The summed E-state index contributed by atoms with van der Waals surface area (Å²) in [6.07, 6.45) is 2.52. The van der Waals surface area contributed by atoms with Crippen molar-refractivity contribution >= 4 is 0 Å². The van der Waals surface area contributed by atoms with Crippen molar-refractivity contribution in [2.45, 2.75) is 39.2 Å². The zero-order chi connectivity index (χ0) is 9.45. The average molecular weight is 174 g/mol. The van der Waals surface area contributed by atoms with Gasteiger partial charge in [-0.15, -0.1) is 0 Å². The summed E-state index contributed by atoms with van der Waals surface area (Å²) in [6.45, 7) is 9.44. The van der Waals surface area contributed by atoms with Gasteiger partial charge in [0.05, 0.1) is 6.54 Å². The summed E-state index contributed by atoms with van der Waals surface area (Å²) in [4.78, 5) is 0. The minimum Gasteiger partial charge on any atom is -0.352 e. The van der Waals surface area contributed by atoms with E-state index in [2.05, 4.69) is 37.1 Å². The van der Waals surface area contributed by atoms with Gasteiger partial charge in [-0.2, -0.15) is 0 Å². The van der Waals surface area contributed by atoms with Crippen LogP contribution in [-0.4, -0.2) is 25.3 Å². The van der Waals surface area contributed by atoms with Gasteiger partial charge in [-0.05, 0) is 26.8 Å². The molecule has 0 aromatic heterocycles. The van der Waals surface area contributed by atoms with Crippen LogP contribution in [0.2, 0.25) is 0 Å². The molecule has 0 aliphatic rings. The fourth-order valence-corrected chi connectivity index (χ4v) is 0.879. The third kappa shape index (κ3) is 9.88. The molecule has 0 aromatic rings. The first-order valence-corrected chi connectivity index (χ1v) is 4.83. The Labute approximate surface area is 76.1 Å². The van der Waals surface area contributed by atoms with E-state index in [4.69, 9.17) is 0 Å². The molecule has 0 aromatic carbocycles. The van der Waals surface area contributed by atoms with E-state index in [1.54, 1.807) is 0 Å². The molecule has 74 valence electrons. The smallest absolute Gasteiger partial charge is 0.101 e. The molecule has 0 aliphatic carbocycles. The van der Waals surface area contributed by atoms with Crippen molar-refractivity contribution in [2.75, 3.05) is 19.8 Å². The Kier molecular flexibility index (Phi) is 6.34. The van der Waals surface area contributed by atoms with Gasteiger partial charge < -0.3 is 11.1 Å². The highest BCUT2D eigenvalue weighted by Crippen LogP contribution is 1.87. The van der Waals surface area contributed by atoms with Crippen molar-refractivity contribution < 1.29 is 5.73 Å². The lowest BCUT2D eigenvalue weighted by molar-refractivity contribution is -0.462. The maximum absolute atomic E-state index is 4.01. The Morgan fingerprint density at radius 3 is 2.42 bits per heavy atom. The van der Waals surface area contributed by atoms with Gasteiger partial charge >= 0.3 is 0 Å². The van der Waals surface area contributed by atoms with Gasteiger partial charge in [0.2, 0.25) is 0 Å². The quantitative estimate of drug-likeness (QED) is 0.374. The zero-order valence-electron chi connectivity index (χ0n) is 8.74. The van der Waals surface area contributed by atoms with E-state index in [-0.39, 0.29) is 5.54 Å². The summed E-state index contributed by atoms with van der Waals surface area (Å²) in [7, 11) is 0. The van der Waals surface area contributed by atoms with Crippen LogP contribution in [-0.2, 0) is 0 Å². The monoisotopic (exact) mass is 174 g/mol. The molecule has 0 aliphatic heterocycles. The van der Waals surface area contributed by atoms with Crippen molar-refractivity contribution in [3.05, 3.63) is 0 Å². The molecule has 0 saturated heterocycles. The van der Waals surface area contributed by atoms with Crippen LogP contribution in [0.25, 0.3) is 0 Å². The highest BCUT2D eigenvalue weighted by Gasteiger charge is 2.12. The predicted molar refractivity (Wildman–Crippen MR) is 52.7 cm³/mol. The molecule has 0 heterocycles. The van der Waals surface area contributed by atoms with E-state index in [0.717, 1.165) is 19.8 Å². The van der Waals surface area contributed by atoms with Crippen LogP contribution in [0.4, 0.5) is 0 Å². The molecule has 0 amide bonds. The second-order valence-corrected chi connectivity index (χ2v) is 4.12. The second kappa shape index (κ2) is 6.40. The first-order valence-electron chi connectivity index (χ1n) is 4.83. The van der Waals surface area contributed by atoms with Crippen molar-refractivity contribution in [2.24, 2.45) is 0 Å². The van der Waals surface area contributed by atoms with Crippen LogP contribution >= 0.6 is 0 Å². The normalized spacial score (nSPS) is 12.0. The van der Waals surface area contributed by atoms with Gasteiger partial charge in [0, 0.05) is 6.67 Å². The molecule has 0 rings (SSSR count). The van der Waals surface area contributed by atoms with Crippen LogP contribution in [0.3, 0.4) is 0 Å². The van der Waals surface area contributed by atoms with E-state index < -0.39 is 0 Å². The summed E-state index contributed by atoms with van der Waals surface area (Å²) in [6, 6.07) is 0. The van der Waals surface area contributed by atoms with Crippen molar-refractivity contribution in [1.29, 1.82) is 0 Å². The minimum atomic E-state index is 0.145. The number of hydrogen-bond donors (Lipinski definition) is 3. The molecule has 0 unspecified atom stereocenters. The number of unbranched alkanes of at least 4 members (excludes halogenated alkanes) is 1. The number of quaternary nitrogens is 1. The fourth-order valence-electron chi connectivity index (χ4n) is 0.879. The third-order valence-corrected chi connectivity index (χ3v) is 1.56. The van der Waals surface area contributed by atoms with Crippen LogP contribution in [0.15, 0.2) is 0 Å². The topological polar surface area (TPSA) is 51.7 Å². The van der Waals surface area contributed by atoms with Crippen LogP contribution in [0.1, 0.15) is 33.6 Å². The molecule has 0 radical (unpaired) electrons. The summed E-state index contributed by atoms with van der Waals surface area (Å²) in [5.41, 5.74) is 4.16. The maximum atomic E-state index is 4.01. The van der Waals surface area contributed by atoms with Gasteiger partial charge in [0.15, 0.2) is 0 Å². The Hall–Kier alpha value is -0.120. The standard InChI is InChI=1S/C9H23N3/c1-4-5-6-11-8-12-7-9(2,3)10/h11-12H,4-8,10H2,1-3H3/p+1. The molecular weight excluding hydrogens is 150 g/mol. The minimum absolute atomic E-state index is 0.145. The molecular formula is C9H24N3+. The lowest BCUT2D eigenvalue weighted by Crippen LogP contribution is -2.73. The molecule has 0 saturated carbocycles. The van der Waals surface area contributed by atoms with Crippen LogP contribution < -0.4 is 16.4 Å². The van der Waals surface area contributed by atoms with Crippen molar-refractivity contribution in [3.8, 4) is 0 Å². The number of nitrogens with one attached hydrogen (secondary N) is 2. The molecule has 3 heteroatoms. The van der Waals surface area contributed by atoms with Crippen LogP contribution in [0, 0.1) is 0 Å². The summed E-state index contributed by atoms with van der Waals surface area (Å²) in [5, 5.41) is 6.63. The van der Waals surface area contributed by atoms with E-state index >= 15 is 0 Å². The molecule has 0 bridgehead atoms.